The number of aryl methyl sites for hydroxylation is 1. The molecule has 0 aliphatic heterocycles. The summed E-state index contributed by atoms with van der Waals surface area (Å²) in [6.45, 7) is 1.88. The van der Waals surface area contributed by atoms with Gasteiger partial charge in [-0.15, -0.1) is 0 Å². The molecule has 2 heterocycles. The van der Waals surface area contributed by atoms with E-state index in [4.69, 9.17) is 4.74 Å². The number of hydrogen-bond donors (Lipinski definition) is 0. The van der Waals surface area contributed by atoms with E-state index in [0.29, 0.717) is 11.4 Å². The predicted molar refractivity (Wildman–Crippen MR) is 104 cm³/mol. The minimum Gasteiger partial charge on any atom is -0.457 e. The number of para-hydroxylation sites is 1. The third-order valence-electron chi connectivity index (χ3n) is 4.16. The molecule has 0 saturated heterocycles. The molecular weight excluding hydrogens is 356 g/mol. The first kappa shape index (κ1) is 17.4. The SMILES string of the molecule is Cc1cc(-n2cnc(=O)n(-c3ccccn3)c2=O)ccc1Oc1ccccc1. The Morgan fingerprint density at radius 3 is 2.39 bits per heavy atom. The van der Waals surface area contributed by atoms with Crippen molar-refractivity contribution in [3.63, 3.8) is 0 Å². The number of nitrogens with zero attached hydrogens (tertiary/aromatic N) is 4. The summed E-state index contributed by atoms with van der Waals surface area (Å²) in [5.74, 6) is 1.62. The monoisotopic (exact) mass is 372 g/mol. The molecule has 0 atom stereocenters. The summed E-state index contributed by atoms with van der Waals surface area (Å²) in [5.41, 5.74) is 0.180. The second-order valence-electron chi connectivity index (χ2n) is 6.07. The van der Waals surface area contributed by atoms with Crippen LogP contribution in [0.4, 0.5) is 0 Å². The summed E-state index contributed by atoms with van der Waals surface area (Å²) in [4.78, 5) is 32.9. The van der Waals surface area contributed by atoms with Crippen LogP contribution in [0.3, 0.4) is 0 Å². The Morgan fingerprint density at radius 2 is 1.68 bits per heavy atom. The molecule has 0 aliphatic rings. The van der Waals surface area contributed by atoms with Crippen LogP contribution in [0.25, 0.3) is 11.5 Å². The lowest BCUT2D eigenvalue weighted by Gasteiger charge is -2.12. The number of aromatic nitrogens is 4. The lowest BCUT2D eigenvalue weighted by atomic mass is 10.2. The van der Waals surface area contributed by atoms with Crippen LogP contribution in [0, 0.1) is 6.92 Å². The van der Waals surface area contributed by atoms with Gasteiger partial charge in [-0.1, -0.05) is 24.3 Å². The molecule has 7 nitrogen and oxygen atoms in total. The zero-order valence-electron chi connectivity index (χ0n) is 15.0. The van der Waals surface area contributed by atoms with Gasteiger partial charge >= 0.3 is 11.4 Å². The summed E-state index contributed by atoms with van der Waals surface area (Å²) in [6, 6.07) is 19.7. The van der Waals surface area contributed by atoms with Gasteiger partial charge in [0.1, 0.15) is 23.6 Å². The summed E-state index contributed by atoms with van der Waals surface area (Å²) in [5, 5.41) is 0. The van der Waals surface area contributed by atoms with Gasteiger partial charge in [-0.2, -0.15) is 9.55 Å². The number of hydrogen-bond acceptors (Lipinski definition) is 5. The van der Waals surface area contributed by atoms with Crippen molar-refractivity contribution in [1.29, 1.82) is 0 Å². The minimum atomic E-state index is -0.680. The van der Waals surface area contributed by atoms with Gasteiger partial charge in [0.25, 0.3) is 0 Å². The molecule has 0 spiro atoms. The van der Waals surface area contributed by atoms with E-state index >= 15 is 0 Å². The molecule has 4 rings (SSSR count). The van der Waals surface area contributed by atoms with Crippen LogP contribution in [0.5, 0.6) is 11.5 Å². The van der Waals surface area contributed by atoms with Crippen molar-refractivity contribution >= 4 is 0 Å². The molecule has 0 amide bonds. The van der Waals surface area contributed by atoms with Crippen LogP contribution < -0.4 is 16.1 Å². The van der Waals surface area contributed by atoms with Crippen LogP contribution in [-0.2, 0) is 0 Å². The first-order chi connectivity index (χ1) is 13.6. The molecule has 138 valence electrons. The Kier molecular flexibility index (Phi) is 4.55. The van der Waals surface area contributed by atoms with E-state index in [9.17, 15) is 9.59 Å². The highest BCUT2D eigenvalue weighted by Crippen LogP contribution is 2.26. The average molecular weight is 372 g/mol. The summed E-state index contributed by atoms with van der Waals surface area (Å²) < 4.78 is 8.11. The maximum Gasteiger partial charge on any atom is 0.359 e. The molecule has 7 heteroatoms. The lowest BCUT2D eigenvalue weighted by Crippen LogP contribution is -2.39. The zero-order valence-corrected chi connectivity index (χ0v) is 15.0. The number of rotatable bonds is 4. The highest BCUT2D eigenvalue weighted by molar-refractivity contribution is 5.45. The fourth-order valence-electron chi connectivity index (χ4n) is 2.78. The molecule has 0 aliphatic carbocycles. The van der Waals surface area contributed by atoms with Crippen molar-refractivity contribution in [1.82, 2.24) is 19.1 Å². The Labute approximate surface area is 160 Å². The third kappa shape index (κ3) is 3.33. The molecule has 0 saturated carbocycles. The normalized spacial score (nSPS) is 10.6. The molecule has 0 unspecified atom stereocenters. The maximum atomic E-state index is 12.9. The first-order valence-corrected chi connectivity index (χ1v) is 8.59. The van der Waals surface area contributed by atoms with Gasteiger partial charge in [0.05, 0.1) is 5.69 Å². The van der Waals surface area contributed by atoms with Crippen molar-refractivity contribution in [2.45, 2.75) is 6.92 Å². The van der Waals surface area contributed by atoms with Crippen LogP contribution in [0.1, 0.15) is 5.56 Å². The van der Waals surface area contributed by atoms with Gasteiger partial charge in [0.2, 0.25) is 0 Å². The van der Waals surface area contributed by atoms with Crippen LogP contribution in [0.15, 0.2) is 88.8 Å². The Bertz CT molecular complexity index is 1230. The molecule has 2 aromatic heterocycles. The van der Waals surface area contributed by atoms with Crippen molar-refractivity contribution in [2.24, 2.45) is 0 Å². The highest BCUT2D eigenvalue weighted by atomic mass is 16.5. The van der Waals surface area contributed by atoms with E-state index < -0.39 is 11.4 Å². The van der Waals surface area contributed by atoms with E-state index in [2.05, 4.69) is 9.97 Å². The van der Waals surface area contributed by atoms with Crippen molar-refractivity contribution in [3.8, 4) is 23.0 Å². The molecule has 0 fully saturated rings. The molecular formula is C21H16N4O3. The Morgan fingerprint density at radius 1 is 0.893 bits per heavy atom. The van der Waals surface area contributed by atoms with E-state index in [-0.39, 0.29) is 5.82 Å². The van der Waals surface area contributed by atoms with E-state index in [1.165, 1.54) is 17.1 Å². The van der Waals surface area contributed by atoms with Crippen LogP contribution >= 0.6 is 0 Å². The first-order valence-electron chi connectivity index (χ1n) is 8.59. The second kappa shape index (κ2) is 7.32. The molecule has 28 heavy (non-hydrogen) atoms. The molecule has 0 N–H and O–H groups in total. The van der Waals surface area contributed by atoms with Crippen LogP contribution in [0.2, 0.25) is 0 Å². The topological polar surface area (TPSA) is 79.0 Å². The van der Waals surface area contributed by atoms with Crippen molar-refractivity contribution < 1.29 is 4.74 Å². The summed E-state index contributed by atoms with van der Waals surface area (Å²) >= 11 is 0. The van der Waals surface area contributed by atoms with Gasteiger partial charge in [-0.05, 0) is 55.0 Å². The predicted octanol–water partition coefficient (Wildman–Crippen LogP) is 2.88. The quantitative estimate of drug-likeness (QED) is 0.550. The van der Waals surface area contributed by atoms with Gasteiger partial charge in [0, 0.05) is 6.20 Å². The molecule has 2 aromatic carbocycles. The summed E-state index contributed by atoms with van der Waals surface area (Å²) in [7, 11) is 0. The van der Waals surface area contributed by atoms with Gasteiger partial charge in [-0.25, -0.2) is 14.6 Å². The number of benzene rings is 2. The standard InChI is InChI=1S/C21H16N4O3/c1-15-13-16(10-11-18(15)28-17-7-3-2-4-8-17)24-14-23-20(26)25(21(24)27)19-9-5-6-12-22-19/h2-14H,1H3. The number of pyridine rings is 1. The van der Waals surface area contributed by atoms with Gasteiger partial charge < -0.3 is 4.74 Å². The van der Waals surface area contributed by atoms with Gasteiger partial charge in [0.15, 0.2) is 0 Å². The zero-order chi connectivity index (χ0) is 19.5. The molecule has 4 aromatic rings. The molecule has 0 radical (unpaired) electrons. The number of ether oxygens (including phenoxy) is 1. The third-order valence-corrected chi connectivity index (χ3v) is 4.16. The van der Waals surface area contributed by atoms with Crippen LogP contribution in [-0.4, -0.2) is 19.1 Å². The average Bonchev–Trinajstić information content (AvgIpc) is 2.71. The Hall–Kier alpha value is -4.00. The highest BCUT2D eigenvalue weighted by Gasteiger charge is 2.12. The summed E-state index contributed by atoms with van der Waals surface area (Å²) in [6.07, 6.45) is 2.73. The van der Waals surface area contributed by atoms with Crippen molar-refractivity contribution in [2.75, 3.05) is 0 Å². The molecule has 0 bridgehead atoms. The fourth-order valence-corrected chi connectivity index (χ4v) is 2.78. The minimum absolute atomic E-state index is 0.222. The van der Waals surface area contributed by atoms with E-state index in [1.807, 2.05) is 37.3 Å². The Balaban J connectivity index is 1.75. The lowest BCUT2D eigenvalue weighted by molar-refractivity contribution is 0.479. The van der Waals surface area contributed by atoms with Gasteiger partial charge in [-0.3, -0.25) is 4.57 Å². The largest absolute Gasteiger partial charge is 0.457 e. The fraction of sp³-hybridized carbons (Fsp3) is 0.0476. The smallest absolute Gasteiger partial charge is 0.359 e. The second-order valence-corrected chi connectivity index (χ2v) is 6.07. The maximum absolute atomic E-state index is 12.9. The van der Waals surface area contributed by atoms with E-state index in [0.717, 1.165) is 15.9 Å². The van der Waals surface area contributed by atoms with E-state index in [1.54, 1.807) is 36.4 Å². The van der Waals surface area contributed by atoms with Crippen molar-refractivity contribution in [3.05, 3.63) is 106 Å².